The number of carbonyl (C=O) groups is 2. The quantitative estimate of drug-likeness (QED) is 0.486. The van der Waals surface area contributed by atoms with Crippen LogP contribution in [0, 0.1) is 0 Å². The van der Waals surface area contributed by atoms with Crippen LogP contribution in [-0.2, 0) is 16.1 Å². The van der Waals surface area contributed by atoms with Crippen molar-refractivity contribution in [1.29, 1.82) is 0 Å². The molecule has 2 atom stereocenters. The molecule has 0 aromatic heterocycles. The van der Waals surface area contributed by atoms with Crippen LogP contribution >= 0.6 is 23.2 Å². The van der Waals surface area contributed by atoms with Gasteiger partial charge in [-0.25, -0.2) is 0 Å². The van der Waals surface area contributed by atoms with Crippen LogP contribution in [0.2, 0.25) is 10.0 Å². The molecule has 0 saturated heterocycles. The highest BCUT2D eigenvalue weighted by Gasteiger charge is 2.28. The van der Waals surface area contributed by atoms with Gasteiger partial charge in [0.1, 0.15) is 23.3 Å². The summed E-state index contributed by atoms with van der Waals surface area (Å²) in [6.45, 7) is 5.28. The van der Waals surface area contributed by atoms with Gasteiger partial charge in [0, 0.05) is 46.4 Å². The number of hydrogen-bond acceptors (Lipinski definition) is 5. The minimum absolute atomic E-state index is 0.0266. The van der Waals surface area contributed by atoms with Crippen molar-refractivity contribution in [3.8, 4) is 17.2 Å². The topological polar surface area (TPSA) is 77.1 Å². The summed E-state index contributed by atoms with van der Waals surface area (Å²) in [7, 11) is 3.05. The molecule has 2 aromatic carbocycles. The van der Waals surface area contributed by atoms with Crippen LogP contribution in [0.1, 0.15) is 32.8 Å². The molecule has 0 saturated carbocycles. The number of benzene rings is 2. The minimum Gasteiger partial charge on any atom is -0.496 e. The number of nitrogens with zero attached hydrogens (tertiary/aromatic N) is 1. The van der Waals surface area contributed by atoms with Gasteiger partial charge in [0.25, 0.3) is 5.91 Å². The van der Waals surface area contributed by atoms with Gasteiger partial charge in [-0.05, 0) is 32.4 Å². The van der Waals surface area contributed by atoms with E-state index in [0.29, 0.717) is 32.9 Å². The fourth-order valence-corrected chi connectivity index (χ4v) is 3.51. The Bertz CT molecular complexity index is 927. The lowest BCUT2D eigenvalue weighted by Crippen LogP contribution is -2.50. The van der Waals surface area contributed by atoms with Crippen molar-refractivity contribution in [3.63, 3.8) is 0 Å². The van der Waals surface area contributed by atoms with Crippen molar-refractivity contribution in [3.05, 3.63) is 52.0 Å². The number of hydrogen-bond donors (Lipinski definition) is 1. The third-order valence-corrected chi connectivity index (χ3v) is 5.95. The first kappa shape index (κ1) is 26.6. The molecule has 0 unspecified atom stereocenters. The van der Waals surface area contributed by atoms with E-state index in [1.807, 2.05) is 13.8 Å². The van der Waals surface area contributed by atoms with Gasteiger partial charge in [-0.1, -0.05) is 36.2 Å². The minimum atomic E-state index is -0.776. The fourth-order valence-electron chi connectivity index (χ4n) is 2.99. The highest BCUT2D eigenvalue weighted by Crippen LogP contribution is 2.28. The number of methoxy groups -OCH3 is 2. The van der Waals surface area contributed by atoms with Crippen LogP contribution in [0.25, 0.3) is 0 Å². The molecule has 33 heavy (non-hydrogen) atoms. The zero-order valence-electron chi connectivity index (χ0n) is 19.5. The fraction of sp³-hybridized carbons (Fsp3) is 0.417. The van der Waals surface area contributed by atoms with Gasteiger partial charge in [0.2, 0.25) is 5.91 Å². The predicted octanol–water partition coefficient (Wildman–Crippen LogP) is 4.72. The smallest absolute Gasteiger partial charge is 0.261 e. The molecule has 0 aliphatic rings. The van der Waals surface area contributed by atoms with Crippen molar-refractivity contribution < 1.29 is 23.8 Å². The van der Waals surface area contributed by atoms with E-state index < -0.39 is 11.9 Å². The van der Waals surface area contributed by atoms with E-state index in [0.717, 1.165) is 6.42 Å². The molecule has 9 heteroatoms. The lowest BCUT2D eigenvalue weighted by atomic mass is 10.1. The highest BCUT2D eigenvalue weighted by atomic mass is 35.5. The molecule has 2 aromatic rings. The second kappa shape index (κ2) is 12.6. The third-order valence-electron chi connectivity index (χ3n) is 5.25. The largest absolute Gasteiger partial charge is 0.496 e. The molecule has 0 aliphatic carbocycles. The maximum absolute atomic E-state index is 13.2. The van der Waals surface area contributed by atoms with Crippen LogP contribution in [-0.4, -0.2) is 49.6 Å². The Labute approximate surface area is 204 Å². The Hall–Kier alpha value is -2.64. The summed E-state index contributed by atoms with van der Waals surface area (Å²) in [5, 5.41) is 3.73. The van der Waals surface area contributed by atoms with Gasteiger partial charge < -0.3 is 24.4 Å². The Morgan fingerprint density at radius 3 is 2.06 bits per heavy atom. The van der Waals surface area contributed by atoms with Gasteiger partial charge in [-0.2, -0.15) is 0 Å². The summed E-state index contributed by atoms with van der Waals surface area (Å²) in [5.74, 6) is 0.770. The van der Waals surface area contributed by atoms with Crippen molar-refractivity contribution in [2.75, 3.05) is 20.8 Å². The van der Waals surface area contributed by atoms with Crippen LogP contribution in [0.4, 0.5) is 0 Å². The number of halogens is 2. The van der Waals surface area contributed by atoms with E-state index >= 15 is 0 Å². The molecular formula is C24H30Cl2N2O5. The number of ether oxygens (including phenoxy) is 3. The van der Waals surface area contributed by atoms with Crippen LogP contribution in [0.5, 0.6) is 17.2 Å². The van der Waals surface area contributed by atoms with E-state index in [2.05, 4.69) is 5.32 Å². The molecule has 0 fully saturated rings. The molecule has 2 amide bonds. The molecule has 1 N–H and O–H groups in total. The molecule has 2 rings (SSSR count). The van der Waals surface area contributed by atoms with E-state index in [-0.39, 0.29) is 25.1 Å². The maximum atomic E-state index is 13.2. The summed E-state index contributed by atoms with van der Waals surface area (Å²) in [6, 6.07) is 9.28. The third kappa shape index (κ3) is 7.44. The summed E-state index contributed by atoms with van der Waals surface area (Å²) < 4.78 is 16.2. The number of rotatable bonds is 11. The average molecular weight is 497 g/mol. The molecule has 0 spiro atoms. The average Bonchev–Trinajstić information content (AvgIpc) is 2.81. The van der Waals surface area contributed by atoms with Gasteiger partial charge >= 0.3 is 0 Å². The summed E-state index contributed by atoms with van der Waals surface area (Å²) in [6.07, 6.45) is 0.767. The van der Waals surface area contributed by atoms with Gasteiger partial charge in [-0.15, -0.1) is 0 Å². The Morgan fingerprint density at radius 2 is 1.55 bits per heavy atom. The lowest BCUT2D eigenvalue weighted by molar-refractivity contribution is -0.142. The molecular weight excluding hydrogens is 467 g/mol. The van der Waals surface area contributed by atoms with Crippen LogP contribution < -0.4 is 19.5 Å². The van der Waals surface area contributed by atoms with Crippen molar-refractivity contribution in [1.82, 2.24) is 10.2 Å². The van der Waals surface area contributed by atoms with E-state index in [1.54, 1.807) is 43.3 Å². The van der Waals surface area contributed by atoms with Crippen molar-refractivity contribution in [2.45, 2.75) is 45.8 Å². The van der Waals surface area contributed by atoms with Gasteiger partial charge in [-0.3, -0.25) is 9.59 Å². The molecule has 7 nitrogen and oxygen atoms in total. The molecule has 0 heterocycles. The standard InChI is InChI=1S/C24H30Cl2N2O5/c1-6-15(2)27-24(30)16(3)28(13-20-21(25)8-7-9-22(20)26)23(29)14-33-19-11-17(31-4)10-18(12-19)32-5/h7-12,15-16H,6,13-14H2,1-5H3,(H,27,30)/t15-,16-/m1/s1. The SMILES string of the molecule is CC[C@@H](C)NC(=O)[C@@H](C)N(Cc1c(Cl)cccc1Cl)C(=O)COc1cc(OC)cc(OC)c1. The normalized spacial score (nSPS) is 12.5. The van der Waals surface area contributed by atoms with E-state index in [4.69, 9.17) is 37.4 Å². The first-order valence-electron chi connectivity index (χ1n) is 10.6. The van der Waals surface area contributed by atoms with E-state index in [1.165, 1.54) is 19.1 Å². The van der Waals surface area contributed by atoms with Crippen LogP contribution in [0.15, 0.2) is 36.4 Å². The molecule has 0 bridgehead atoms. The Balaban J connectivity index is 2.26. The summed E-state index contributed by atoms with van der Waals surface area (Å²) in [5.41, 5.74) is 0.556. The zero-order valence-corrected chi connectivity index (χ0v) is 21.0. The van der Waals surface area contributed by atoms with E-state index in [9.17, 15) is 9.59 Å². The van der Waals surface area contributed by atoms with Crippen LogP contribution in [0.3, 0.4) is 0 Å². The Morgan fingerprint density at radius 1 is 1.00 bits per heavy atom. The number of nitrogens with one attached hydrogen (secondary N) is 1. The maximum Gasteiger partial charge on any atom is 0.261 e. The summed E-state index contributed by atoms with van der Waals surface area (Å²) >= 11 is 12.7. The first-order chi connectivity index (χ1) is 15.7. The molecule has 0 radical (unpaired) electrons. The second-order valence-corrected chi connectivity index (χ2v) is 8.37. The molecule has 0 aliphatic heterocycles. The number of carbonyl (C=O) groups excluding carboxylic acids is 2. The van der Waals surface area contributed by atoms with Gasteiger partial charge in [0.15, 0.2) is 6.61 Å². The second-order valence-electron chi connectivity index (χ2n) is 7.55. The molecule has 180 valence electrons. The summed E-state index contributed by atoms with van der Waals surface area (Å²) in [4.78, 5) is 27.4. The number of amides is 2. The zero-order chi connectivity index (χ0) is 24.5. The lowest BCUT2D eigenvalue weighted by Gasteiger charge is -2.30. The van der Waals surface area contributed by atoms with Gasteiger partial charge in [0.05, 0.1) is 14.2 Å². The van der Waals surface area contributed by atoms with Crippen molar-refractivity contribution in [2.24, 2.45) is 0 Å². The Kier molecular flexibility index (Phi) is 10.1. The van der Waals surface area contributed by atoms with Crippen molar-refractivity contribution >= 4 is 35.0 Å². The predicted molar refractivity (Wildman–Crippen MR) is 129 cm³/mol. The monoisotopic (exact) mass is 496 g/mol. The highest BCUT2D eigenvalue weighted by molar-refractivity contribution is 6.36. The first-order valence-corrected chi connectivity index (χ1v) is 11.3.